The fraction of sp³-hybridized carbons (Fsp3) is 0.273. The van der Waals surface area contributed by atoms with Crippen LogP contribution >= 0.6 is 11.6 Å². The minimum absolute atomic E-state index is 0.0172. The summed E-state index contributed by atoms with van der Waals surface area (Å²) in [6.07, 6.45) is 0. The van der Waals surface area contributed by atoms with Crippen molar-refractivity contribution in [2.45, 2.75) is 6.92 Å². The van der Waals surface area contributed by atoms with Crippen LogP contribution in [0.25, 0.3) is 0 Å². The lowest BCUT2D eigenvalue weighted by atomic mass is 10.1. The highest BCUT2D eigenvalue weighted by atomic mass is 35.5. The predicted molar refractivity (Wildman–Crippen MR) is 58.9 cm³/mol. The summed E-state index contributed by atoms with van der Waals surface area (Å²) in [4.78, 5) is 21.9. The topological polar surface area (TPSA) is 52.6 Å². The first-order valence-electron chi connectivity index (χ1n) is 4.65. The number of esters is 1. The SMILES string of the molecule is COC(=O)COc1cc(C(C)=O)c(F)cc1Cl. The second-order valence-corrected chi connectivity index (χ2v) is 3.59. The predicted octanol–water partition coefficient (Wildman–Crippen LogP) is 2.23. The van der Waals surface area contributed by atoms with Crippen LogP contribution in [0.15, 0.2) is 12.1 Å². The molecule has 0 N–H and O–H groups in total. The summed E-state index contributed by atoms with van der Waals surface area (Å²) in [5.74, 6) is -1.73. The van der Waals surface area contributed by atoms with Crippen LogP contribution in [0, 0.1) is 5.82 Å². The molecular formula is C11H10ClFO4. The van der Waals surface area contributed by atoms with Gasteiger partial charge in [0.2, 0.25) is 0 Å². The monoisotopic (exact) mass is 260 g/mol. The molecule has 17 heavy (non-hydrogen) atoms. The summed E-state index contributed by atoms with van der Waals surface area (Å²) < 4.78 is 22.7. The number of ether oxygens (including phenoxy) is 2. The quantitative estimate of drug-likeness (QED) is 0.615. The average Bonchev–Trinajstić information content (AvgIpc) is 2.26. The van der Waals surface area contributed by atoms with Gasteiger partial charge in [-0.3, -0.25) is 4.79 Å². The molecule has 0 spiro atoms. The molecule has 4 nitrogen and oxygen atoms in total. The fourth-order valence-corrected chi connectivity index (χ4v) is 1.31. The third kappa shape index (κ3) is 3.42. The van der Waals surface area contributed by atoms with Crippen molar-refractivity contribution in [1.29, 1.82) is 0 Å². The van der Waals surface area contributed by atoms with Crippen LogP contribution in [0.3, 0.4) is 0 Å². The van der Waals surface area contributed by atoms with Crippen LogP contribution in [0.2, 0.25) is 5.02 Å². The molecule has 6 heteroatoms. The third-order valence-corrected chi connectivity index (χ3v) is 2.27. The van der Waals surface area contributed by atoms with E-state index in [0.717, 1.165) is 12.1 Å². The largest absolute Gasteiger partial charge is 0.480 e. The summed E-state index contributed by atoms with van der Waals surface area (Å²) in [7, 11) is 1.21. The van der Waals surface area contributed by atoms with Gasteiger partial charge < -0.3 is 9.47 Å². The number of halogens is 2. The Morgan fingerprint density at radius 3 is 2.59 bits per heavy atom. The second kappa shape index (κ2) is 5.63. The smallest absolute Gasteiger partial charge is 0.343 e. The van der Waals surface area contributed by atoms with Crippen molar-refractivity contribution in [3.63, 3.8) is 0 Å². The van der Waals surface area contributed by atoms with Crippen LogP contribution < -0.4 is 4.74 Å². The van der Waals surface area contributed by atoms with Crippen molar-refractivity contribution in [3.8, 4) is 5.75 Å². The number of methoxy groups -OCH3 is 1. The Bertz CT molecular complexity index is 459. The van der Waals surface area contributed by atoms with Crippen LogP contribution in [0.5, 0.6) is 5.75 Å². The van der Waals surface area contributed by atoms with Crippen molar-refractivity contribution < 1.29 is 23.5 Å². The molecule has 92 valence electrons. The molecule has 0 atom stereocenters. The number of carbonyl (C=O) groups excluding carboxylic acids is 2. The first-order valence-corrected chi connectivity index (χ1v) is 5.03. The van der Waals surface area contributed by atoms with Gasteiger partial charge in [-0.05, 0) is 19.1 Å². The lowest BCUT2D eigenvalue weighted by Gasteiger charge is -2.08. The summed E-state index contributed by atoms with van der Waals surface area (Å²) in [5.41, 5.74) is -0.144. The van der Waals surface area contributed by atoms with Gasteiger partial charge in [-0.1, -0.05) is 11.6 Å². The zero-order chi connectivity index (χ0) is 13.0. The Hall–Kier alpha value is -1.62. The van der Waals surface area contributed by atoms with Crippen LogP contribution in [0.4, 0.5) is 4.39 Å². The zero-order valence-corrected chi connectivity index (χ0v) is 10.0. The zero-order valence-electron chi connectivity index (χ0n) is 9.25. The van der Waals surface area contributed by atoms with E-state index in [2.05, 4.69) is 4.74 Å². The van der Waals surface area contributed by atoms with Crippen molar-refractivity contribution in [2.24, 2.45) is 0 Å². The van der Waals surface area contributed by atoms with Gasteiger partial charge >= 0.3 is 5.97 Å². The first kappa shape index (κ1) is 13.4. The summed E-state index contributed by atoms with van der Waals surface area (Å²) >= 11 is 5.70. The van der Waals surface area contributed by atoms with E-state index < -0.39 is 17.6 Å². The van der Waals surface area contributed by atoms with E-state index in [-0.39, 0.29) is 22.9 Å². The Balaban J connectivity index is 2.96. The Morgan fingerprint density at radius 2 is 2.06 bits per heavy atom. The lowest BCUT2D eigenvalue weighted by Crippen LogP contribution is -2.13. The van der Waals surface area contributed by atoms with E-state index in [0.29, 0.717) is 0 Å². The standard InChI is InChI=1S/C11H10ClFO4/c1-6(14)7-3-10(8(12)4-9(7)13)17-5-11(15)16-2/h3-4H,5H2,1-2H3. The minimum Gasteiger partial charge on any atom is -0.480 e. The highest BCUT2D eigenvalue weighted by Crippen LogP contribution is 2.28. The molecule has 0 bridgehead atoms. The molecule has 0 amide bonds. The highest BCUT2D eigenvalue weighted by molar-refractivity contribution is 6.32. The van der Waals surface area contributed by atoms with Crippen molar-refractivity contribution >= 4 is 23.4 Å². The summed E-state index contributed by atoms with van der Waals surface area (Å²) in [5, 5.41) is -0.0172. The third-order valence-electron chi connectivity index (χ3n) is 1.97. The molecule has 1 aromatic rings. The summed E-state index contributed by atoms with van der Waals surface area (Å²) in [6.45, 7) is 0.857. The van der Waals surface area contributed by atoms with Crippen LogP contribution in [-0.2, 0) is 9.53 Å². The number of carbonyl (C=O) groups is 2. The van der Waals surface area contributed by atoms with E-state index in [4.69, 9.17) is 16.3 Å². The molecule has 1 aromatic carbocycles. The van der Waals surface area contributed by atoms with Crippen molar-refractivity contribution in [3.05, 3.63) is 28.5 Å². The molecule has 0 aliphatic carbocycles. The fourth-order valence-electron chi connectivity index (χ4n) is 1.11. The maximum absolute atomic E-state index is 13.3. The average molecular weight is 261 g/mol. The van der Waals surface area contributed by atoms with Gasteiger partial charge in [0.25, 0.3) is 0 Å². The van der Waals surface area contributed by atoms with Gasteiger partial charge in [-0.25, -0.2) is 9.18 Å². The molecule has 0 aliphatic heterocycles. The number of hydrogen-bond donors (Lipinski definition) is 0. The van der Waals surface area contributed by atoms with Crippen LogP contribution in [-0.4, -0.2) is 25.5 Å². The van der Waals surface area contributed by atoms with Gasteiger partial charge in [0.1, 0.15) is 11.6 Å². The number of rotatable bonds is 4. The van der Waals surface area contributed by atoms with E-state index in [9.17, 15) is 14.0 Å². The van der Waals surface area contributed by atoms with Gasteiger partial charge in [0.05, 0.1) is 17.7 Å². The van der Waals surface area contributed by atoms with Crippen LogP contribution in [0.1, 0.15) is 17.3 Å². The molecule has 0 aromatic heterocycles. The Morgan fingerprint density at radius 1 is 1.41 bits per heavy atom. The first-order chi connectivity index (χ1) is 7.95. The molecule has 0 heterocycles. The molecule has 0 saturated carbocycles. The van der Waals surface area contributed by atoms with E-state index >= 15 is 0 Å². The number of hydrogen-bond acceptors (Lipinski definition) is 4. The second-order valence-electron chi connectivity index (χ2n) is 3.18. The normalized spacial score (nSPS) is 9.88. The molecular weight excluding hydrogens is 251 g/mol. The number of ketones is 1. The number of benzene rings is 1. The van der Waals surface area contributed by atoms with Crippen molar-refractivity contribution in [1.82, 2.24) is 0 Å². The molecule has 1 rings (SSSR count). The molecule has 0 unspecified atom stereocenters. The minimum atomic E-state index is -0.729. The van der Waals surface area contributed by atoms with E-state index in [1.165, 1.54) is 14.0 Å². The highest BCUT2D eigenvalue weighted by Gasteiger charge is 2.14. The lowest BCUT2D eigenvalue weighted by molar-refractivity contribution is -0.142. The van der Waals surface area contributed by atoms with Crippen molar-refractivity contribution in [2.75, 3.05) is 13.7 Å². The maximum atomic E-state index is 13.3. The Kier molecular flexibility index (Phi) is 4.45. The van der Waals surface area contributed by atoms with Gasteiger partial charge in [0.15, 0.2) is 12.4 Å². The summed E-state index contributed by atoms with van der Waals surface area (Å²) in [6, 6.07) is 2.12. The maximum Gasteiger partial charge on any atom is 0.343 e. The Labute approximate surface area is 102 Å². The van der Waals surface area contributed by atoms with E-state index in [1.54, 1.807) is 0 Å². The molecule has 0 saturated heterocycles. The molecule has 0 fully saturated rings. The number of Topliss-reactive ketones (excluding diaryl/α,β-unsaturated/α-hetero) is 1. The van der Waals surface area contributed by atoms with E-state index in [1.807, 2.05) is 0 Å². The van der Waals surface area contributed by atoms with Gasteiger partial charge in [0, 0.05) is 0 Å². The van der Waals surface area contributed by atoms with Gasteiger partial charge in [-0.2, -0.15) is 0 Å². The molecule has 0 aliphatic rings. The molecule has 0 radical (unpaired) electrons. The van der Waals surface area contributed by atoms with Gasteiger partial charge in [-0.15, -0.1) is 0 Å².